The molecule has 0 radical (unpaired) electrons. The molecule has 0 spiro atoms. The number of para-hydroxylation sites is 1. The Balaban J connectivity index is 2.10. The summed E-state index contributed by atoms with van der Waals surface area (Å²) in [6.45, 7) is 4.21. The van der Waals surface area contributed by atoms with Crippen molar-refractivity contribution in [3.05, 3.63) is 59.2 Å². The third-order valence-electron chi connectivity index (χ3n) is 4.65. The summed E-state index contributed by atoms with van der Waals surface area (Å²) in [5, 5.41) is 3.48. The number of ketones is 1. The Morgan fingerprint density at radius 3 is 2.30 bits per heavy atom. The molecule has 2 aromatic carbocycles. The second kappa shape index (κ2) is 7.35. The highest BCUT2D eigenvalue weighted by Gasteiger charge is 2.29. The average Bonchev–Trinajstić information content (AvgIpc) is 2.66. The predicted molar refractivity (Wildman–Crippen MR) is 106 cm³/mol. The van der Waals surface area contributed by atoms with E-state index < -0.39 is 0 Å². The third-order valence-corrected chi connectivity index (χ3v) is 4.65. The van der Waals surface area contributed by atoms with Gasteiger partial charge in [-0.2, -0.15) is 0 Å². The van der Waals surface area contributed by atoms with Crippen LogP contribution >= 0.6 is 0 Å². The molecule has 1 aliphatic rings. The molecule has 5 nitrogen and oxygen atoms in total. The number of carbonyl (C=O) groups is 1. The number of ether oxygens (including phenoxy) is 3. The van der Waals surface area contributed by atoms with Crippen molar-refractivity contribution < 1.29 is 19.0 Å². The summed E-state index contributed by atoms with van der Waals surface area (Å²) in [6.07, 6.45) is 2.44. The van der Waals surface area contributed by atoms with Gasteiger partial charge in [0.25, 0.3) is 0 Å². The van der Waals surface area contributed by atoms with Crippen LogP contribution in [0, 0.1) is 0 Å². The number of hydrogen-bond acceptors (Lipinski definition) is 5. The normalized spacial score (nSPS) is 16.3. The molecule has 0 bridgehead atoms. The summed E-state index contributed by atoms with van der Waals surface area (Å²) < 4.78 is 16.2. The van der Waals surface area contributed by atoms with Crippen molar-refractivity contribution in [3.8, 4) is 17.2 Å². The highest BCUT2D eigenvalue weighted by atomic mass is 16.5. The first-order chi connectivity index (χ1) is 12.9. The van der Waals surface area contributed by atoms with Crippen molar-refractivity contribution in [1.29, 1.82) is 0 Å². The van der Waals surface area contributed by atoms with Crippen molar-refractivity contribution in [1.82, 2.24) is 5.32 Å². The van der Waals surface area contributed by atoms with Crippen molar-refractivity contribution in [3.63, 3.8) is 0 Å². The van der Waals surface area contributed by atoms with Gasteiger partial charge in [0, 0.05) is 22.9 Å². The minimum atomic E-state index is -0.195. The smallest absolute Gasteiger partial charge is 0.191 e. The molecular formula is C22H25NO4. The highest BCUT2D eigenvalue weighted by molar-refractivity contribution is 6.10. The standard InChI is InChI=1S/C22H25NO4/c1-22(2)13-14-10-20(26-4)21(27-5)11-16(14)17(23-22)12-18(24)15-8-6-7-9-19(15)25-3/h6-12,23H,13H2,1-5H3. The topological polar surface area (TPSA) is 56.8 Å². The maximum absolute atomic E-state index is 12.9. The molecule has 0 aromatic heterocycles. The van der Waals surface area contributed by atoms with Crippen molar-refractivity contribution in [2.24, 2.45) is 0 Å². The first-order valence-corrected chi connectivity index (χ1v) is 8.81. The zero-order valence-corrected chi connectivity index (χ0v) is 16.4. The number of allylic oxidation sites excluding steroid dienone is 1. The largest absolute Gasteiger partial charge is 0.496 e. The first kappa shape index (κ1) is 18.8. The van der Waals surface area contributed by atoms with Gasteiger partial charge in [0.05, 0.1) is 26.9 Å². The van der Waals surface area contributed by atoms with Crippen LogP contribution in [0.5, 0.6) is 17.2 Å². The molecule has 1 heterocycles. The van der Waals surface area contributed by atoms with Crippen LogP contribution in [-0.2, 0) is 6.42 Å². The van der Waals surface area contributed by atoms with E-state index in [0.717, 1.165) is 23.2 Å². The van der Waals surface area contributed by atoms with E-state index in [0.29, 0.717) is 22.8 Å². The zero-order chi connectivity index (χ0) is 19.6. The van der Waals surface area contributed by atoms with E-state index in [9.17, 15) is 4.79 Å². The van der Waals surface area contributed by atoms with Gasteiger partial charge in [-0.05, 0) is 50.1 Å². The lowest BCUT2D eigenvalue weighted by atomic mass is 9.85. The minimum Gasteiger partial charge on any atom is -0.496 e. The fraction of sp³-hybridized carbons (Fsp3) is 0.318. The number of methoxy groups -OCH3 is 3. The summed E-state index contributed by atoms with van der Waals surface area (Å²) in [4.78, 5) is 12.9. The molecular weight excluding hydrogens is 342 g/mol. The molecule has 27 heavy (non-hydrogen) atoms. The maximum atomic E-state index is 12.9. The fourth-order valence-corrected chi connectivity index (χ4v) is 3.44. The summed E-state index contributed by atoms with van der Waals surface area (Å²) in [6, 6.07) is 11.1. The molecule has 0 saturated heterocycles. The van der Waals surface area contributed by atoms with Crippen LogP contribution in [0.2, 0.25) is 0 Å². The second-order valence-corrected chi connectivity index (χ2v) is 7.17. The lowest BCUT2D eigenvalue weighted by molar-refractivity contribution is 0.104. The summed E-state index contributed by atoms with van der Waals surface area (Å²) in [5.74, 6) is 1.76. The molecule has 0 atom stereocenters. The lowest BCUT2D eigenvalue weighted by Gasteiger charge is -2.36. The van der Waals surface area contributed by atoms with Gasteiger partial charge in [-0.3, -0.25) is 4.79 Å². The second-order valence-electron chi connectivity index (χ2n) is 7.17. The average molecular weight is 367 g/mol. The summed E-state index contributed by atoms with van der Waals surface area (Å²) in [7, 11) is 4.79. The number of fused-ring (bicyclic) bond motifs is 1. The molecule has 142 valence electrons. The lowest BCUT2D eigenvalue weighted by Crippen LogP contribution is -2.43. The van der Waals surface area contributed by atoms with Crippen molar-refractivity contribution >= 4 is 11.5 Å². The fourth-order valence-electron chi connectivity index (χ4n) is 3.44. The number of rotatable bonds is 5. The zero-order valence-electron chi connectivity index (χ0n) is 16.4. The maximum Gasteiger partial charge on any atom is 0.191 e. The van der Waals surface area contributed by atoms with E-state index in [1.807, 2.05) is 24.3 Å². The van der Waals surface area contributed by atoms with Gasteiger partial charge in [0.2, 0.25) is 0 Å². The summed E-state index contributed by atoms with van der Waals surface area (Å²) in [5.41, 5.74) is 3.14. The molecule has 0 aliphatic carbocycles. The van der Waals surface area contributed by atoms with Gasteiger partial charge >= 0.3 is 0 Å². The molecule has 2 aromatic rings. The number of carbonyl (C=O) groups excluding carboxylic acids is 1. The van der Waals surface area contributed by atoms with Gasteiger partial charge in [0.1, 0.15) is 5.75 Å². The Hall–Kier alpha value is -2.95. The Morgan fingerprint density at radius 1 is 1.00 bits per heavy atom. The van der Waals surface area contributed by atoms with E-state index in [1.54, 1.807) is 39.5 Å². The first-order valence-electron chi connectivity index (χ1n) is 8.81. The van der Waals surface area contributed by atoms with Crippen LogP contribution in [-0.4, -0.2) is 32.7 Å². The van der Waals surface area contributed by atoms with Gasteiger partial charge in [-0.15, -0.1) is 0 Å². The van der Waals surface area contributed by atoms with Crippen LogP contribution in [0.15, 0.2) is 42.5 Å². The van der Waals surface area contributed by atoms with E-state index >= 15 is 0 Å². The highest BCUT2D eigenvalue weighted by Crippen LogP contribution is 2.38. The monoisotopic (exact) mass is 367 g/mol. The SMILES string of the molecule is COc1cc2c(cc1OC)C(=CC(=O)c1ccccc1OC)NC(C)(C)C2. The number of nitrogens with one attached hydrogen (secondary N) is 1. The van der Waals surface area contributed by atoms with Crippen LogP contribution in [0.3, 0.4) is 0 Å². The van der Waals surface area contributed by atoms with E-state index in [-0.39, 0.29) is 11.3 Å². The van der Waals surface area contributed by atoms with Gasteiger partial charge in [0.15, 0.2) is 17.3 Å². The molecule has 5 heteroatoms. The van der Waals surface area contributed by atoms with E-state index in [2.05, 4.69) is 19.2 Å². The van der Waals surface area contributed by atoms with Crippen LogP contribution in [0.4, 0.5) is 0 Å². The Kier molecular flexibility index (Phi) is 5.13. The van der Waals surface area contributed by atoms with Crippen molar-refractivity contribution in [2.45, 2.75) is 25.8 Å². The Morgan fingerprint density at radius 2 is 1.63 bits per heavy atom. The van der Waals surface area contributed by atoms with E-state index in [4.69, 9.17) is 14.2 Å². The molecule has 1 aliphatic heterocycles. The molecule has 0 unspecified atom stereocenters. The van der Waals surface area contributed by atoms with Crippen LogP contribution in [0.1, 0.15) is 35.3 Å². The molecule has 3 rings (SSSR count). The molecule has 0 saturated carbocycles. The molecule has 0 amide bonds. The Labute approximate surface area is 159 Å². The van der Waals surface area contributed by atoms with Crippen molar-refractivity contribution in [2.75, 3.05) is 21.3 Å². The van der Waals surface area contributed by atoms with Gasteiger partial charge in [-0.1, -0.05) is 12.1 Å². The summed E-state index contributed by atoms with van der Waals surface area (Å²) >= 11 is 0. The number of benzene rings is 2. The molecule has 0 fully saturated rings. The third kappa shape index (κ3) is 3.77. The number of hydrogen-bond donors (Lipinski definition) is 1. The van der Waals surface area contributed by atoms with Gasteiger partial charge in [-0.25, -0.2) is 0 Å². The van der Waals surface area contributed by atoms with Gasteiger partial charge < -0.3 is 19.5 Å². The molecule has 1 N–H and O–H groups in total. The van der Waals surface area contributed by atoms with E-state index in [1.165, 1.54) is 0 Å². The van der Waals surface area contributed by atoms with Crippen LogP contribution < -0.4 is 19.5 Å². The Bertz CT molecular complexity index is 899. The van der Waals surface area contributed by atoms with Crippen LogP contribution in [0.25, 0.3) is 5.70 Å². The minimum absolute atomic E-state index is 0.117. The predicted octanol–water partition coefficient (Wildman–Crippen LogP) is 3.86. The quantitative estimate of drug-likeness (QED) is 0.642.